The van der Waals surface area contributed by atoms with E-state index in [9.17, 15) is 9.18 Å². The van der Waals surface area contributed by atoms with Crippen LogP contribution in [0.15, 0.2) is 72.9 Å². The summed E-state index contributed by atoms with van der Waals surface area (Å²) in [6.45, 7) is 0.868. The molecule has 0 saturated heterocycles. The molecule has 8 nitrogen and oxygen atoms in total. The number of aryl methyl sites for hydroxylation is 1. The van der Waals surface area contributed by atoms with Crippen molar-refractivity contribution in [1.29, 1.82) is 0 Å². The van der Waals surface area contributed by atoms with E-state index in [2.05, 4.69) is 25.7 Å². The normalized spacial score (nSPS) is 10.7. The summed E-state index contributed by atoms with van der Waals surface area (Å²) in [4.78, 5) is 17.8. The van der Waals surface area contributed by atoms with Crippen LogP contribution in [0.4, 0.5) is 4.39 Å². The van der Waals surface area contributed by atoms with Crippen LogP contribution in [0.1, 0.15) is 18.4 Å². The highest BCUT2D eigenvalue weighted by Gasteiger charge is 2.07. The molecule has 0 aliphatic heterocycles. The molecule has 0 atom stereocenters. The van der Waals surface area contributed by atoms with Crippen LogP contribution in [-0.2, 0) is 17.9 Å². The third kappa shape index (κ3) is 5.94. The number of halogens is 1. The minimum Gasteiger partial charge on any atom is -0.439 e. The van der Waals surface area contributed by atoms with E-state index < -0.39 is 0 Å². The summed E-state index contributed by atoms with van der Waals surface area (Å²) in [5.41, 5.74) is 1.74. The zero-order valence-corrected chi connectivity index (χ0v) is 17.2. The van der Waals surface area contributed by atoms with E-state index in [4.69, 9.17) is 4.74 Å². The first-order chi connectivity index (χ1) is 15.7. The van der Waals surface area contributed by atoms with Gasteiger partial charge in [-0.15, -0.1) is 10.2 Å². The van der Waals surface area contributed by atoms with Crippen molar-refractivity contribution >= 4 is 5.91 Å². The van der Waals surface area contributed by atoms with Crippen LogP contribution < -0.4 is 10.1 Å². The third-order valence-corrected chi connectivity index (χ3v) is 4.57. The Morgan fingerprint density at radius 2 is 1.84 bits per heavy atom. The molecule has 2 aromatic heterocycles. The largest absolute Gasteiger partial charge is 0.439 e. The zero-order valence-electron chi connectivity index (χ0n) is 17.2. The monoisotopic (exact) mass is 432 g/mol. The van der Waals surface area contributed by atoms with Crippen molar-refractivity contribution in [1.82, 2.24) is 30.5 Å². The second-order valence-corrected chi connectivity index (χ2v) is 7.02. The van der Waals surface area contributed by atoms with Gasteiger partial charge < -0.3 is 10.1 Å². The first kappa shape index (κ1) is 21.1. The molecular formula is C23H21FN6O2. The highest BCUT2D eigenvalue weighted by Crippen LogP contribution is 2.19. The average molecular weight is 432 g/mol. The number of hydrogen-bond acceptors (Lipinski definition) is 6. The van der Waals surface area contributed by atoms with Gasteiger partial charge in [-0.3, -0.25) is 4.79 Å². The highest BCUT2D eigenvalue weighted by atomic mass is 19.1. The van der Waals surface area contributed by atoms with Crippen LogP contribution in [0.2, 0.25) is 0 Å². The predicted molar refractivity (Wildman–Crippen MR) is 115 cm³/mol. The maximum absolute atomic E-state index is 12.9. The molecule has 4 aromatic rings. The number of benzene rings is 2. The zero-order chi connectivity index (χ0) is 22.2. The Kier molecular flexibility index (Phi) is 6.76. The molecule has 0 bridgehead atoms. The number of nitrogens with one attached hydrogen (secondary N) is 1. The number of carbonyl (C=O) groups is 1. The van der Waals surface area contributed by atoms with Gasteiger partial charge in [0.1, 0.15) is 11.6 Å². The van der Waals surface area contributed by atoms with Crippen molar-refractivity contribution in [2.75, 3.05) is 0 Å². The predicted octanol–water partition coefficient (Wildman–Crippen LogP) is 3.76. The fourth-order valence-corrected chi connectivity index (χ4v) is 2.91. The van der Waals surface area contributed by atoms with Crippen LogP contribution >= 0.6 is 0 Å². The fourth-order valence-electron chi connectivity index (χ4n) is 2.91. The maximum Gasteiger partial charge on any atom is 0.220 e. The van der Waals surface area contributed by atoms with Gasteiger partial charge in [-0.25, -0.2) is 9.37 Å². The number of aromatic nitrogens is 5. The number of nitrogens with zero attached hydrogens (tertiary/aromatic N) is 5. The smallest absolute Gasteiger partial charge is 0.220 e. The molecule has 1 N–H and O–H groups in total. The first-order valence-corrected chi connectivity index (χ1v) is 10.1. The van der Waals surface area contributed by atoms with Crippen molar-refractivity contribution in [3.63, 3.8) is 0 Å². The molecule has 0 unspecified atom stereocenters. The van der Waals surface area contributed by atoms with E-state index in [1.165, 1.54) is 29.1 Å². The summed E-state index contributed by atoms with van der Waals surface area (Å²) in [5.74, 6) is 1.06. The molecule has 0 saturated carbocycles. The highest BCUT2D eigenvalue weighted by molar-refractivity contribution is 5.75. The number of ether oxygens (including phenoxy) is 1. The maximum atomic E-state index is 12.9. The number of pyridine rings is 1. The Bertz CT molecular complexity index is 1150. The Morgan fingerprint density at radius 1 is 1.03 bits per heavy atom. The first-order valence-electron chi connectivity index (χ1n) is 10.1. The summed E-state index contributed by atoms with van der Waals surface area (Å²) in [7, 11) is 0. The van der Waals surface area contributed by atoms with E-state index >= 15 is 0 Å². The second-order valence-electron chi connectivity index (χ2n) is 7.02. The van der Waals surface area contributed by atoms with Crippen molar-refractivity contribution in [2.45, 2.75) is 25.9 Å². The van der Waals surface area contributed by atoms with Gasteiger partial charge in [-0.1, -0.05) is 36.4 Å². The molecule has 9 heteroatoms. The van der Waals surface area contributed by atoms with E-state index in [0.29, 0.717) is 43.4 Å². The molecule has 32 heavy (non-hydrogen) atoms. The lowest BCUT2D eigenvalue weighted by Gasteiger charge is -2.07. The molecule has 0 spiro atoms. The number of carbonyl (C=O) groups excluding carboxylic acids is 1. The van der Waals surface area contributed by atoms with Gasteiger partial charge in [-0.05, 0) is 41.5 Å². The molecule has 4 rings (SSSR count). The molecule has 2 heterocycles. The van der Waals surface area contributed by atoms with Crippen molar-refractivity contribution in [3.05, 3.63) is 84.3 Å². The van der Waals surface area contributed by atoms with Gasteiger partial charge in [-0.2, -0.15) is 4.80 Å². The molecule has 1 amide bonds. The Balaban J connectivity index is 1.18. The fraction of sp³-hybridized carbons (Fsp3) is 0.174. The summed E-state index contributed by atoms with van der Waals surface area (Å²) in [6, 6.07) is 18.8. The van der Waals surface area contributed by atoms with Crippen molar-refractivity contribution < 1.29 is 13.9 Å². The minimum absolute atomic E-state index is 0.0694. The van der Waals surface area contributed by atoms with Crippen LogP contribution in [0.25, 0.3) is 11.4 Å². The average Bonchev–Trinajstić information content (AvgIpc) is 3.30. The van der Waals surface area contributed by atoms with Crippen LogP contribution in [0.3, 0.4) is 0 Å². The summed E-state index contributed by atoms with van der Waals surface area (Å²) in [5, 5.41) is 15.3. The quantitative estimate of drug-likeness (QED) is 0.433. The van der Waals surface area contributed by atoms with Crippen molar-refractivity contribution in [2.24, 2.45) is 0 Å². The van der Waals surface area contributed by atoms with E-state index in [-0.39, 0.29) is 11.7 Å². The lowest BCUT2D eigenvalue weighted by Crippen LogP contribution is -2.23. The SMILES string of the molecule is O=C(CCCn1nnc(-c2ccccc2)n1)NCc1ccc(Oc2ccc(F)cc2)nc1. The molecule has 0 fully saturated rings. The minimum atomic E-state index is -0.328. The topological polar surface area (TPSA) is 94.8 Å². The Labute approximate surface area is 184 Å². The Hall–Kier alpha value is -4.14. The number of amides is 1. The molecule has 162 valence electrons. The van der Waals surface area contributed by atoms with E-state index in [0.717, 1.165) is 11.1 Å². The number of tetrazole rings is 1. The van der Waals surface area contributed by atoms with Crippen molar-refractivity contribution in [3.8, 4) is 23.0 Å². The summed E-state index contributed by atoms with van der Waals surface area (Å²) in [6.07, 6.45) is 2.57. The van der Waals surface area contributed by atoms with Gasteiger partial charge in [0.15, 0.2) is 0 Å². The Morgan fingerprint density at radius 3 is 2.59 bits per heavy atom. The van der Waals surface area contributed by atoms with E-state index in [1.54, 1.807) is 12.3 Å². The lowest BCUT2D eigenvalue weighted by atomic mass is 10.2. The molecular weight excluding hydrogens is 411 g/mol. The van der Waals surface area contributed by atoms with Gasteiger partial charge in [0, 0.05) is 30.8 Å². The second kappa shape index (κ2) is 10.3. The van der Waals surface area contributed by atoms with Crippen LogP contribution in [0.5, 0.6) is 11.6 Å². The number of rotatable bonds is 9. The third-order valence-electron chi connectivity index (χ3n) is 4.57. The standard InChI is InChI=1S/C23H21FN6O2/c24-19-9-11-20(12-10-19)32-22-13-8-17(16-26-22)15-25-21(31)7-4-14-30-28-23(27-29-30)18-5-2-1-3-6-18/h1-3,5-6,8-13,16H,4,7,14-15H2,(H,25,31). The van der Waals surface area contributed by atoms with Gasteiger partial charge >= 0.3 is 0 Å². The molecule has 0 aliphatic carbocycles. The summed E-state index contributed by atoms with van der Waals surface area (Å²) >= 11 is 0. The number of hydrogen-bond donors (Lipinski definition) is 1. The van der Waals surface area contributed by atoms with Crippen LogP contribution in [0, 0.1) is 5.82 Å². The van der Waals surface area contributed by atoms with Gasteiger partial charge in [0.05, 0.1) is 6.54 Å². The lowest BCUT2D eigenvalue weighted by molar-refractivity contribution is -0.121. The van der Waals surface area contributed by atoms with Crippen LogP contribution in [-0.4, -0.2) is 31.1 Å². The van der Waals surface area contributed by atoms with Gasteiger partial charge in [0.25, 0.3) is 0 Å². The van der Waals surface area contributed by atoms with E-state index in [1.807, 2.05) is 36.4 Å². The molecule has 0 radical (unpaired) electrons. The van der Waals surface area contributed by atoms with Gasteiger partial charge in [0.2, 0.25) is 17.6 Å². The molecule has 0 aliphatic rings. The molecule has 2 aromatic carbocycles. The summed E-state index contributed by atoms with van der Waals surface area (Å²) < 4.78 is 18.5.